The number of aliphatic hydroxyl groups excluding tert-OH is 1. The van der Waals surface area contributed by atoms with E-state index in [0.29, 0.717) is 5.88 Å². The zero-order chi connectivity index (χ0) is 21.5. The maximum Gasteiger partial charge on any atom is 1.00 e. The summed E-state index contributed by atoms with van der Waals surface area (Å²) >= 11 is 20.0. The largest absolute Gasteiger partial charge is 1.00 e. The van der Waals surface area contributed by atoms with Gasteiger partial charge in [-0.2, -0.15) is 0 Å². The third kappa shape index (κ3) is 20.8. The summed E-state index contributed by atoms with van der Waals surface area (Å²) in [6.45, 7) is 0.149. The molecule has 0 aliphatic rings. The van der Waals surface area contributed by atoms with Crippen molar-refractivity contribution in [2.24, 2.45) is 0 Å². The quantitative estimate of drug-likeness (QED) is 0.170. The van der Waals surface area contributed by atoms with Gasteiger partial charge in [-0.25, -0.2) is 4.21 Å². The fourth-order valence-corrected chi connectivity index (χ4v) is 5.42. The smallest absolute Gasteiger partial charge is 1.00 e. The minimum absolute atomic E-state index is 0. The molecule has 0 atom stereocenters. The van der Waals surface area contributed by atoms with Crippen LogP contribution in [0.1, 0.15) is 20.9 Å². The van der Waals surface area contributed by atoms with Crippen LogP contribution in [0.3, 0.4) is 0 Å². The Hall–Kier alpha value is 2.25. The molecular formula is C15H13BBr3Cl3NaO3S4. The van der Waals surface area contributed by atoms with Crippen LogP contribution in [0.15, 0.2) is 47.8 Å². The van der Waals surface area contributed by atoms with Gasteiger partial charge in [0.25, 0.3) is 0 Å². The van der Waals surface area contributed by atoms with E-state index in [1.54, 1.807) is 28.7 Å². The van der Waals surface area contributed by atoms with Crippen LogP contribution >= 0.6 is 115 Å². The number of carbonyl (C=O) groups is 1. The molecule has 0 saturated heterocycles. The fraction of sp³-hybridized carbons (Fsp3) is 0.133. The minimum Gasteiger partial charge on any atom is -1.00 e. The van der Waals surface area contributed by atoms with Crippen molar-refractivity contribution < 1.29 is 45.1 Å². The van der Waals surface area contributed by atoms with Crippen LogP contribution in [0.5, 0.6) is 0 Å². The van der Waals surface area contributed by atoms with Gasteiger partial charge in [-0.3, -0.25) is 4.79 Å². The molecule has 30 heavy (non-hydrogen) atoms. The molecule has 0 fully saturated rings. The molecule has 0 aliphatic carbocycles. The molecule has 0 spiro atoms. The van der Waals surface area contributed by atoms with Crippen molar-refractivity contribution in [1.82, 2.24) is 0 Å². The summed E-state index contributed by atoms with van der Waals surface area (Å²) in [7, 11) is 7.36. The summed E-state index contributed by atoms with van der Waals surface area (Å²) < 4.78 is 12.3. The van der Waals surface area contributed by atoms with E-state index in [2.05, 4.69) is 69.2 Å². The molecule has 0 saturated carbocycles. The standard InChI is InChI=1S/C5H4BrClS.C5H5BrOS.C5H3BrOS.B.Cl2OS.Na.H/c3*6-5-2-1-4(3-7)8-5;;1-4(2)3;;/h1-2H,3H2;1-2,7H,3H2;1-3H;;;;/q;;;;;+1;-1. The summed E-state index contributed by atoms with van der Waals surface area (Å²) in [5, 5.41) is 8.54. The van der Waals surface area contributed by atoms with Gasteiger partial charge in [0.2, 0.25) is 9.23 Å². The molecular weight excluding hydrogens is 736 g/mol. The van der Waals surface area contributed by atoms with Crippen molar-refractivity contribution >= 4 is 139 Å². The third-order valence-electron chi connectivity index (χ3n) is 2.26. The van der Waals surface area contributed by atoms with Crippen LogP contribution in [-0.4, -0.2) is 24.0 Å². The number of rotatable bonds is 3. The molecule has 1 N–H and O–H groups in total. The second-order valence-corrected chi connectivity index (χ2v) is 14.5. The number of carbonyl (C=O) groups excluding carboxylic acids is 1. The number of aldehydes is 1. The second-order valence-electron chi connectivity index (χ2n) is 4.15. The molecule has 0 amide bonds. The van der Waals surface area contributed by atoms with Crippen LogP contribution < -0.4 is 29.6 Å². The van der Waals surface area contributed by atoms with Crippen LogP contribution in [0.25, 0.3) is 0 Å². The van der Waals surface area contributed by atoms with Gasteiger partial charge in [-0.05, 0) is 84.2 Å². The first-order valence-electron chi connectivity index (χ1n) is 6.81. The molecule has 0 unspecified atom stereocenters. The molecule has 3 aromatic rings. The van der Waals surface area contributed by atoms with Gasteiger partial charge >= 0.3 is 29.6 Å². The Balaban J connectivity index is -0.000000156. The van der Waals surface area contributed by atoms with E-state index in [-0.39, 0.29) is 46.0 Å². The predicted octanol–water partition coefficient (Wildman–Crippen LogP) is 5.35. The maximum absolute atomic E-state index is 10.0. The molecule has 3 heterocycles. The van der Waals surface area contributed by atoms with Crippen molar-refractivity contribution in [2.45, 2.75) is 12.5 Å². The predicted molar refractivity (Wildman–Crippen MR) is 144 cm³/mol. The van der Waals surface area contributed by atoms with E-state index in [1.165, 1.54) is 16.2 Å². The zero-order valence-electron chi connectivity index (χ0n) is 16.2. The van der Waals surface area contributed by atoms with Crippen LogP contribution in [-0.2, 0) is 21.7 Å². The molecule has 3 nitrogen and oxygen atoms in total. The average Bonchev–Trinajstić information content (AvgIpc) is 3.36. The Morgan fingerprint density at radius 2 is 1.33 bits per heavy atom. The zero-order valence-corrected chi connectivity index (χ0v) is 27.5. The van der Waals surface area contributed by atoms with Gasteiger partial charge in [0.1, 0.15) is 0 Å². The Labute approximate surface area is 255 Å². The molecule has 3 radical (unpaired) electrons. The van der Waals surface area contributed by atoms with Gasteiger partial charge in [-0.15, -0.1) is 45.6 Å². The summed E-state index contributed by atoms with van der Waals surface area (Å²) in [5.41, 5.74) is 0. The van der Waals surface area contributed by atoms with E-state index >= 15 is 0 Å². The Morgan fingerprint density at radius 3 is 1.50 bits per heavy atom. The topological polar surface area (TPSA) is 54.4 Å². The summed E-state index contributed by atoms with van der Waals surface area (Å²) in [4.78, 5) is 13.0. The first kappa shape index (κ1) is 36.8. The number of hydrogen-bond donors (Lipinski definition) is 1. The monoisotopic (exact) mass is 745 g/mol. The van der Waals surface area contributed by atoms with Crippen molar-refractivity contribution in [2.75, 3.05) is 0 Å². The number of hydrogen-bond acceptors (Lipinski definition) is 6. The molecule has 15 heteroatoms. The maximum atomic E-state index is 10.0. The summed E-state index contributed by atoms with van der Waals surface area (Å²) in [5.74, 6) is 0.621. The molecule has 161 valence electrons. The Kier molecular flexibility index (Phi) is 28.2. The van der Waals surface area contributed by atoms with E-state index in [0.717, 1.165) is 27.4 Å². The van der Waals surface area contributed by atoms with Gasteiger partial charge in [0.15, 0.2) is 6.29 Å². The van der Waals surface area contributed by atoms with E-state index in [1.807, 2.05) is 30.3 Å². The van der Waals surface area contributed by atoms with E-state index in [4.69, 9.17) is 20.9 Å². The van der Waals surface area contributed by atoms with Crippen LogP contribution in [0.2, 0.25) is 0 Å². The van der Waals surface area contributed by atoms with Gasteiger partial charge < -0.3 is 6.53 Å². The second kappa shape index (κ2) is 23.0. The number of halogens is 6. The first-order chi connectivity index (χ1) is 13.2. The summed E-state index contributed by atoms with van der Waals surface area (Å²) in [6, 6.07) is 11.5. The van der Waals surface area contributed by atoms with Gasteiger partial charge in [0.05, 0.1) is 28.7 Å². The van der Waals surface area contributed by atoms with Crippen molar-refractivity contribution in [3.63, 3.8) is 0 Å². The SMILES string of the molecule is ClCc1ccc(Br)s1.O=Cc1ccc(Br)s1.O=S(Cl)Cl.OCc1ccc(Br)s1.[B].[H-].[Na+]. The Bertz CT molecular complexity index is 814. The normalized spacial score (nSPS) is 8.80. The van der Waals surface area contributed by atoms with E-state index < -0.39 is 9.23 Å². The fourth-order valence-electron chi connectivity index (χ4n) is 1.25. The average molecular weight is 749 g/mol. The molecule has 0 aliphatic heterocycles. The molecule has 3 rings (SSSR count). The van der Waals surface area contributed by atoms with Crippen molar-refractivity contribution in [1.29, 1.82) is 0 Å². The van der Waals surface area contributed by atoms with Crippen molar-refractivity contribution in [3.05, 3.63) is 62.4 Å². The van der Waals surface area contributed by atoms with Crippen LogP contribution in [0.4, 0.5) is 0 Å². The molecule has 0 aromatic carbocycles. The van der Waals surface area contributed by atoms with Crippen LogP contribution in [0, 0.1) is 0 Å². The number of alkyl halides is 1. The number of thiophene rings is 3. The molecule has 0 bridgehead atoms. The number of aliphatic hydroxyl groups is 1. The van der Waals surface area contributed by atoms with E-state index in [9.17, 15) is 4.79 Å². The minimum atomic E-state index is -1.67. The Morgan fingerprint density at radius 1 is 0.933 bits per heavy atom. The van der Waals surface area contributed by atoms with Crippen molar-refractivity contribution in [3.8, 4) is 0 Å². The van der Waals surface area contributed by atoms with Gasteiger partial charge in [0, 0.05) is 39.5 Å². The molecule has 3 aromatic heterocycles. The summed E-state index contributed by atoms with van der Waals surface area (Å²) in [6.07, 6.45) is 0.843. The third-order valence-corrected chi connectivity index (χ3v) is 7.48. The van der Waals surface area contributed by atoms with Gasteiger partial charge in [-0.1, -0.05) is 0 Å². The first-order valence-corrected chi connectivity index (χ1v) is 15.0.